The Morgan fingerprint density at radius 3 is 2.50 bits per heavy atom. The molecule has 1 aliphatic heterocycles. The first kappa shape index (κ1) is 12.8. The Labute approximate surface area is 106 Å². The Morgan fingerprint density at radius 1 is 1.28 bits per heavy atom. The highest BCUT2D eigenvalue weighted by Crippen LogP contribution is 2.26. The lowest BCUT2D eigenvalue weighted by atomic mass is 10.1. The molecule has 18 heavy (non-hydrogen) atoms. The maximum atomic E-state index is 12.4. The Kier molecular flexibility index (Phi) is 3.26. The fraction of sp³-hybridized carbons (Fsp3) is 0.308. The number of hydrogen-bond donors (Lipinski definition) is 0. The summed E-state index contributed by atoms with van der Waals surface area (Å²) in [5, 5.41) is -0.874. The summed E-state index contributed by atoms with van der Waals surface area (Å²) in [6.45, 7) is 5.55. The van der Waals surface area contributed by atoms with Crippen LogP contribution in [0.5, 0.6) is 0 Å². The second-order valence-corrected chi connectivity index (χ2v) is 6.50. The van der Waals surface area contributed by atoms with Crippen molar-refractivity contribution in [3.63, 3.8) is 0 Å². The molecule has 1 aliphatic rings. The Morgan fingerprint density at radius 2 is 1.89 bits per heavy atom. The van der Waals surface area contributed by atoms with E-state index in [-0.39, 0.29) is 17.9 Å². The first-order chi connectivity index (χ1) is 8.41. The summed E-state index contributed by atoms with van der Waals surface area (Å²) in [7, 11) is -3.56. The van der Waals surface area contributed by atoms with E-state index in [9.17, 15) is 13.2 Å². The molecule has 0 N–H and O–H groups in total. The average molecular weight is 266 g/mol. The van der Waals surface area contributed by atoms with Crippen molar-refractivity contribution in [2.45, 2.75) is 23.5 Å². The molecule has 0 aromatic heterocycles. The molecule has 0 spiro atoms. The predicted octanol–water partition coefficient (Wildman–Crippen LogP) is 1.64. The van der Waals surface area contributed by atoms with Gasteiger partial charge in [0, 0.05) is 0 Å². The van der Waals surface area contributed by atoms with Crippen LogP contribution < -0.4 is 0 Å². The summed E-state index contributed by atoms with van der Waals surface area (Å²) in [5.74, 6) is -0.497. The van der Waals surface area contributed by atoms with Crippen LogP contribution in [0.3, 0.4) is 0 Å². The Hall–Kier alpha value is -1.62. The van der Waals surface area contributed by atoms with Crippen LogP contribution in [0, 0.1) is 6.92 Å². The number of aryl methyl sites for hydroxylation is 1. The third kappa shape index (κ3) is 2.31. The molecule has 2 rings (SSSR count). The van der Waals surface area contributed by atoms with Gasteiger partial charge in [0.15, 0.2) is 9.84 Å². The summed E-state index contributed by atoms with van der Waals surface area (Å²) in [6, 6.07) is 6.57. The van der Waals surface area contributed by atoms with Crippen LogP contribution in [-0.4, -0.2) is 26.2 Å². The van der Waals surface area contributed by atoms with E-state index in [0.717, 1.165) is 5.56 Å². The molecule has 0 bridgehead atoms. The minimum Gasteiger partial charge on any atom is -0.461 e. The van der Waals surface area contributed by atoms with Gasteiger partial charge in [0.25, 0.3) is 0 Å². The molecule has 1 heterocycles. The fourth-order valence-corrected chi connectivity index (χ4v) is 3.55. The molecule has 1 saturated heterocycles. The van der Waals surface area contributed by atoms with Crippen molar-refractivity contribution in [2.75, 3.05) is 6.61 Å². The minimum absolute atomic E-state index is 0.0193. The van der Waals surface area contributed by atoms with Gasteiger partial charge in [-0.1, -0.05) is 24.3 Å². The van der Waals surface area contributed by atoms with Gasteiger partial charge in [0.2, 0.25) is 0 Å². The van der Waals surface area contributed by atoms with Crippen LogP contribution >= 0.6 is 0 Å². The van der Waals surface area contributed by atoms with Gasteiger partial charge in [0.05, 0.1) is 11.3 Å². The van der Waals surface area contributed by atoms with Crippen molar-refractivity contribution in [3.05, 3.63) is 42.0 Å². The first-order valence-corrected chi connectivity index (χ1v) is 7.10. The summed E-state index contributed by atoms with van der Waals surface area (Å²) in [6.07, 6.45) is -0.158. The third-order valence-electron chi connectivity index (χ3n) is 2.95. The SMILES string of the molecule is C=C1COC(=O)CC1S(=O)(=O)c1ccc(C)cc1. The molecule has 1 unspecified atom stereocenters. The van der Waals surface area contributed by atoms with Crippen molar-refractivity contribution in [1.29, 1.82) is 0 Å². The third-order valence-corrected chi connectivity index (χ3v) is 5.13. The number of carbonyl (C=O) groups is 1. The Balaban J connectivity index is 2.38. The maximum Gasteiger partial charge on any atom is 0.307 e. The lowest BCUT2D eigenvalue weighted by Gasteiger charge is -2.23. The van der Waals surface area contributed by atoms with Crippen LogP contribution in [0.1, 0.15) is 12.0 Å². The molecule has 0 aliphatic carbocycles. The highest BCUT2D eigenvalue weighted by Gasteiger charge is 2.35. The monoisotopic (exact) mass is 266 g/mol. The van der Waals surface area contributed by atoms with Crippen LogP contribution in [0.15, 0.2) is 41.3 Å². The molecule has 5 heteroatoms. The number of sulfone groups is 1. The number of hydrogen-bond acceptors (Lipinski definition) is 4. The molecule has 0 amide bonds. The van der Waals surface area contributed by atoms with E-state index in [1.807, 2.05) is 6.92 Å². The van der Waals surface area contributed by atoms with Gasteiger partial charge in [-0.25, -0.2) is 8.42 Å². The van der Waals surface area contributed by atoms with E-state index in [4.69, 9.17) is 4.74 Å². The van der Waals surface area contributed by atoms with E-state index in [2.05, 4.69) is 6.58 Å². The van der Waals surface area contributed by atoms with Crippen LogP contribution in [-0.2, 0) is 19.4 Å². The average Bonchev–Trinajstić information content (AvgIpc) is 2.32. The van der Waals surface area contributed by atoms with E-state index in [1.54, 1.807) is 24.3 Å². The largest absolute Gasteiger partial charge is 0.461 e. The van der Waals surface area contributed by atoms with Gasteiger partial charge in [-0.3, -0.25) is 4.79 Å². The maximum absolute atomic E-state index is 12.4. The number of benzene rings is 1. The highest BCUT2D eigenvalue weighted by molar-refractivity contribution is 7.92. The van der Waals surface area contributed by atoms with Crippen molar-refractivity contribution in [3.8, 4) is 0 Å². The predicted molar refractivity (Wildman–Crippen MR) is 66.9 cm³/mol. The molecule has 1 fully saturated rings. The summed E-state index contributed by atoms with van der Waals surface area (Å²) in [4.78, 5) is 11.4. The zero-order valence-corrected chi connectivity index (χ0v) is 10.9. The first-order valence-electron chi connectivity index (χ1n) is 5.55. The molecule has 1 atom stereocenters. The van der Waals surface area contributed by atoms with Gasteiger partial charge in [-0.05, 0) is 24.6 Å². The van der Waals surface area contributed by atoms with Gasteiger partial charge < -0.3 is 4.74 Å². The molecule has 0 saturated carbocycles. The van der Waals surface area contributed by atoms with Crippen LogP contribution in [0.4, 0.5) is 0 Å². The number of rotatable bonds is 2. The van der Waals surface area contributed by atoms with E-state index >= 15 is 0 Å². The Bertz CT molecular complexity index is 584. The van der Waals surface area contributed by atoms with Gasteiger partial charge in [0.1, 0.15) is 11.9 Å². The fourth-order valence-electron chi connectivity index (χ4n) is 1.84. The van der Waals surface area contributed by atoms with Gasteiger partial charge in [-0.2, -0.15) is 0 Å². The zero-order valence-electron chi connectivity index (χ0n) is 10.0. The molecular weight excluding hydrogens is 252 g/mol. The van der Waals surface area contributed by atoms with Crippen molar-refractivity contribution in [1.82, 2.24) is 0 Å². The summed E-state index contributed by atoms with van der Waals surface area (Å²) < 4.78 is 29.5. The number of carbonyl (C=O) groups excluding carboxylic acids is 1. The molecule has 1 aromatic rings. The molecule has 96 valence electrons. The van der Waals surface area contributed by atoms with Crippen LogP contribution in [0.2, 0.25) is 0 Å². The quantitative estimate of drug-likeness (QED) is 0.603. The summed E-state index contributed by atoms with van der Waals surface area (Å²) in [5.41, 5.74) is 1.41. The number of cyclic esters (lactones) is 1. The lowest BCUT2D eigenvalue weighted by molar-refractivity contribution is -0.144. The summed E-state index contributed by atoms with van der Waals surface area (Å²) >= 11 is 0. The lowest BCUT2D eigenvalue weighted by Crippen LogP contribution is -2.33. The standard InChI is InChI=1S/C13H14O4S/c1-9-3-5-11(6-4-9)18(15,16)12-7-13(14)17-8-10(12)2/h3-6,12H,2,7-8H2,1H3. The van der Waals surface area contributed by atoms with Gasteiger partial charge >= 0.3 is 5.97 Å². The van der Waals surface area contributed by atoms with Crippen molar-refractivity contribution in [2.24, 2.45) is 0 Å². The topological polar surface area (TPSA) is 60.4 Å². The van der Waals surface area contributed by atoms with Crippen LogP contribution in [0.25, 0.3) is 0 Å². The normalized spacial score (nSPS) is 20.6. The van der Waals surface area contributed by atoms with E-state index in [1.165, 1.54) is 0 Å². The highest BCUT2D eigenvalue weighted by atomic mass is 32.2. The molecular formula is C13H14O4S. The van der Waals surface area contributed by atoms with Crippen molar-refractivity contribution >= 4 is 15.8 Å². The van der Waals surface area contributed by atoms with E-state index < -0.39 is 21.1 Å². The second kappa shape index (κ2) is 4.57. The van der Waals surface area contributed by atoms with E-state index in [0.29, 0.717) is 5.57 Å². The number of ether oxygens (including phenoxy) is 1. The molecule has 4 nitrogen and oxygen atoms in total. The number of esters is 1. The van der Waals surface area contributed by atoms with Crippen molar-refractivity contribution < 1.29 is 17.9 Å². The molecule has 1 aromatic carbocycles. The van der Waals surface area contributed by atoms with Gasteiger partial charge in [-0.15, -0.1) is 0 Å². The minimum atomic E-state index is -3.56. The zero-order chi connectivity index (χ0) is 13.3. The second-order valence-electron chi connectivity index (χ2n) is 4.37. The smallest absolute Gasteiger partial charge is 0.307 e. The molecule has 0 radical (unpaired) electrons.